The van der Waals surface area contributed by atoms with Gasteiger partial charge in [-0.15, -0.1) is 11.3 Å². The van der Waals surface area contributed by atoms with E-state index in [9.17, 15) is 0 Å². The van der Waals surface area contributed by atoms with Gasteiger partial charge in [-0.1, -0.05) is 54.6 Å². The molecule has 0 fully saturated rings. The Kier molecular flexibility index (Phi) is 3.17. The van der Waals surface area contributed by atoms with Crippen LogP contribution in [0.25, 0.3) is 80.5 Å². The molecule has 0 radical (unpaired) electrons. The lowest BCUT2D eigenvalue weighted by molar-refractivity contribution is 0.673. The molecule has 0 N–H and O–H groups in total. The van der Waals surface area contributed by atoms with Gasteiger partial charge in [-0.05, 0) is 42.5 Å². The first-order valence-corrected chi connectivity index (χ1v) is 12.6. The Labute approximate surface area is 202 Å². The van der Waals surface area contributed by atoms with Crippen molar-refractivity contribution in [2.45, 2.75) is 0 Å². The Morgan fingerprint density at radius 3 is 2.34 bits per heavy atom. The van der Waals surface area contributed by atoms with Crippen molar-refractivity contribution < 1.29 is 4.42 Å². The van der Waals surface area contributed by atoms with Crippen LogP contribution in [-0.2, 0) is 0 Å². The number of hydrogen-bond acceptors (Lipinski definition) is 3. The molecule has 0 amide bonds. The highest BCUT2D eigenvalue weighted by molar-refractivity contribution is 7.26. The molecule has 0 spiro atoms. The fourth-order valence-corrected chi connectivity index (χ4v) is 7.02. The lowest BCUT2D eigenvalue weighted by Gasteiger charge is -2.11. The molecule has 3 nitrogen and oxygen atoms in total. The topological polar surface area (TPSA) is 30.4 Å². The largest absolute Gasteiger partial charge is 0.455 e. The van der Waals surface area contributed by atoms with Gasteiger partial charge in [0.15, 0.2) is 0 Å². The standard InChI is InChI=1S/C31H16N2OS/c1-5-11-24-17(7-1)18-13-14-21-27(30(18)34-24)20-15-16-26-28(19-8-2-6-12-25(19)35-26)29(20)33-23-10-4-3-9-22(23)32-31(21)33/h1-16H. The molecular weight excluding hydrogens is 448 g/mol. The van der Waals surface area contributed by atoms with Gasteiger partial charge in [-0.2, -0.15) is 0 Å². The minimum Gasteiger partial charge on any atom is -0.455 e. The van der Waals surface area contributed by atoms with Gasteiger partial charge in [0.05, 0.1) is 16.6 Å². The summed E-state index contributed by atoms with van der Waals surface area (Å²) in [5, 5.41) is 8.29. The van der Waals surface area contributed by atoms with Crippen LogP contribution >= 0.6 is 11.3 Å². The summed E-state index contributed by atoms with van der Waals surface area (Å²) in [6, 6.07) is 34.4. The van der Waals surface area contributed by atoms with Crippen LogP contribution < -0.4 is 0 Å². The summed E-state index contributed by atoms with van der Waals surface area (Å²) in [5.74, 6) is 0. The van der Waals surface area contributed by atoms with E-state index in [1.807, 2.05) is 17.4 Å². The van der Waals surface area contributed by atoms with Crippen molar-refractivity contribution in [3.63, 3.8) is 0 Å². The minimum absolute atomic E-state index is 0.915. The number of rotatable bonds is 0. The molecule has 4 aromatic heterocycles. The van der Waals surface area contributed by atoms with Crippen molar-refractivity contribution in [3.05, 3.63) is 97.1 Å². The Hall–Kier alpha value is -4.41. The molecule has 4 heterocycles. The number of imidazole rings is 1. The van der Waals surface area contributed by atoms with Crippen molar-refractivity contribution in [2.24, 2.45) is 0 Å². The molecular formula is C31H16N2OS. The van der Waals surface area contributed by atoms with Crippen LogP contribution in [-0.4, -0.2) is 9.38 Å². The molecule has 0 aliphatic heterocycles. The van der Waals surface area contributed by atoms with Gasteiger partial charge in [0.2, 0.25) is 0 Å². The zero-order chi connectivity index (χ0) is 22.7. The molecule has 0 aliphatic carbocycles. The zero-order valence-electron chi connectivity index (χ0n) is 18.4. The van der Waals surface area contributed by atoms with Gasteiger partial charge in [0.1, 0.15) is 16.8 Å². The Morgan fingerprint density at radius 1 is 0.600 bits per heavy atom. The van der Waals surface area contributed by atoms with Crippen LogP contribution in [0.1, 0.15) is 0 Å². The van der Waals surface area contributed by atoms with Crippen molar-refractivity contribution in [1.82, 2.24) is 9.38 Å². The average Bonchev–Trinajstić information content (AvgIpc) is 3.59. The fourth-order valence-electron chi connectivity index (χ4n) is 5.91. The van der Waals surface area contributed by atoms with E-state index in [-0.39, 0.29) is 0 Å². The fraction of sp³-hybridized carbons (Fsp3) is 0. The van der Waals surface area contributed by atoms with E-state index < -0.39 is 0 Å². The first kappa shape index (κ1) is 18.0. The number of hydrogen-bond donors (Lipinski definition) is 0. The smallest absolute Gasteiger partial charge is 0.146 e. The SMILES string of the molecule is c1ccc2c(c1)nc1c3ccc4c5ccccc5oc4c3c3ccc4sc5ccccc5c4c3n21. The molecule has 9 aromatic rings. The third kappa shape index (κ3) is 2.14. The summed E-state index contributed by atoms with van der Waals surface area (Å²) in [6.07, 6.45) is 0. The van der Waals surface area contributed by atoms with Crippen molar-refractivity contribution >= 4 is 91.8 Å². The van der Waals surface area contributed by atoms with E-state index in [2.05, 4.69) is 95.4 Å². The molecule has 0 saturated heterocycles. The number of fused-ring (bicyclic) bond motifs is 16. The van der Waals surface area contributed by atoms with Gasteiger partial charge in [-0.25, -0.2) is 4.98 Å². The number of thiophene rings is 1. The van der Waals surface area contributed by atoms with Gasteiger partial charge in [0.25, 0.3) is 0 Å². The number of aromatic nitrogens is 2. The molecule has 0 aliphatic rings. The molecule has 162 valence electrons. The number of para-hydroxylation sites is 3. The molecule has 9 rings (SSSR count). The van der Waals surface area contributed by atoms with Crippen LogP contribution in [0.15, 0.2) is 101 Å². The molecule has 0 atom stereocenters. The normalized spacial score (nSPS) is 12.6. The van der Waals surface area contributed by atoms with E-state index in [0.717, 1.165) is 49.4 Å². The third-order valence-corrected chi connectivity index (χ3v) is 8.49. The Balaban J connectivity index is 1.69. The van der Waals surface area contributed by atoms with E-state index in [1.165, 1.54) is 31.1 Å². The number of nitrogens with zero attached hydrogens (tertiary/aromatic N) is 2. The molecule has 0 saturated carbocycles. The lowest BCUT2D eigenvalue weighted by Crippen LogP contribution is -1.92. The predicted octanol–water partition coefficient (Wildman–Crippen LogP) is 9.06. The molecule has 4 heteroatoms. The molecule has 35 heavy (non-hydrogen) atoms. The summed E-state index contributed by atoms with van der Waals surface area (Å²) in [7, 11) is 0. The monoisotopic (exact) mass is 464 g/mol. The lowest BCUT2D eigenvalue weighted by atomic mass is 10.00. The molecule has 0 unspecified atom stereocenters. The summed E-state index contributed by atoms with van der Waals surface area (Å²) >= 11 is 1.85. The highest BCUT2D eigenvalue weighted by atomic mass is 32.1. The summed E-state index contributed by atoms with van der Waals surface area (Å²) in [4.78, 5) is 5.15. The van der Waals surface area contributed by atoms with Crippen LogP contribution in [0.3, 0.4) is 0 Å². The van der Waals surface area contributed by atoms with Gasteiger partial charge in [0, 0.05) is 47.1 Å². The maximum Gasteiger partial charge on any atom is 0.146 e. The van der Waals surface area contributed by atoms with Crippen molar-refractivity contribution in [1.29, 1.82) is 0 Å². The number of furan rings is 1. The van der Waals surface area contributed by atoms with E-state index in [1.54, 1.807) is 0 Å². The average molecular weight is 465 g/mol. The molecule has 0 bridgehead atoms. The van der Waals surface area contributed by atoms with Gasteiger partial charge >= 0.3 is 0 Å². The summed E-state index contributed by atoms with van der Waals surface area (Å²) < 4.78 is 11.5. The van der Waals surface area contributed by atoms with E-state index >= 15 is 0 Å². The first-order chi connectivity index (χ1) is 17.4. The minimum atomic E-state index is 0.915. The number of benzene rings is 5. The maximum absolute atomic E-state index is 6.54. The Morgan fingerprint density at radius 2 is 1.37 bits per heavy atom. The highest BCUT2D eigenvalue weighted by Crippen LogP contribution is 2.45. The van der Waals surface area contributed by atoms with Crippen LogP contribution in [0, 0.1) is 0 Å². The van der Waals surface area contributed by atoms with Gasteiger partial charge < -0.3 is 4.42 Å². The molecule has 5 aromatic carbocycles. The predicted molar refractivity (Wildman–Crippen MR) is 148 cm³/mol. The van der Waals surface area contributed by atoms with E-state index in [0.29, 0.717) is 0 Å². The van der Waals surface area contributed by atoms with Crippen LogP contribution in [0.2, 0.25) is 0 Å². The van der Waals surface area contributed by atoms with Crippen LogP contribution in [0.5, 0.6) is 0 Å². The quantitative estimate of drug-likeness (QED) is 0.210. The third-order valence-electron chi connectivity index (χ3n) is 7.36. The number of pyridine rings is 1. The summed E-state index contributed by atoms with van der Waals surface area (Å²) in [5.41, 5.74) is 6.15. The second-order valence-electron chi connectivity index (χ2n) is 9.16. The summed E-state index contributed by atoms with van der Waals surface area (Å²) in [6.45, 7) is 0. The maximum atomic E-state index is 6.54. The van der Waals surface area contributed by atoms with Crippen molar-refractivity contribution in [3.8, 4) is 0 Å². The first-order valence-electron chi connectivity index (χ1n) is 11.7. The highest BCUT2D eigenvalue weighted by Gasteiger charge is 2.21. The second-order valence-corrected chi connectivity index (χ2v) is 10.2. The van der Waals surface area contributed by atoms with Crippen molar-refractivity contribution in [2.75, 3.05) is 0 Å². The van der Waals surface area contributed by atoms with Crippen LogP contribution in [0.4, 0.5) is 0 Å². The van der Waals surface area contributed by atoms with Gasteiger partial charge in [-0.3, -0.25) is 4.40 Å². The Bertz CT molecular complexity index is 2330. The zero-order valence-corrected chi connectivity index (χ0v) is 19.3. The second kappa shape index (κ2) is 6.17. The van der Waals surface area contributed by atoms with E-state index in [4.69, 9.17) is 9.40 Å².